The number of aliphatic carboxylic acids is 1. The highest BCUT2D eigenvalue weighted by Gasteiger charge is 2.31. The Hall–Kier alpha value is -2.67. The minimum atomic E-state index is -0.918. The van der Waals surface area contributed by atoms with Crippen molar-refractivity contribution in [3.8, 4) is 11.3 Å². The lowest BCUT2D eigenvalue weighted by Gasteiger charge is -2.32. The molecule has 1 amide bonds. The minimum absolute atomic E-state index is 0.101. The molecule has 148 valence electrons. The molecule has 2 aliphatic rings. The molecule has 1 atom stereocenters. The molecule has 1 saturated heterocycles. The van der Waals surface area contributed by atoms with Gasteiger partial charge in [0.1, 0.15) is 0 Å². The van der Waals surface area contributed by atoms with E-state index in [2.05, 4.69) is 5.10 Å². The molecule has 1 aromatic carbocycles. The normalized spacial score (nSPS) is 20.4. The first-order valence-electron chi connectivity index (χ1n) is 9.89. The zero-order chi connectivity index (χ0) is 19.5. The number of carbonyl (C=O) groups excluding carboxylic acids is 1. The van der Waals surface area contributed by atoms with E-state index in [1.807, 2.05) is 35.0 Å². The van der Waals surface area contributed by atoms with E-state index in [-0.39, 0.29) is 18.9 Å². The monoisotopic (exact) mass is 383 g/mol. The second kappa shape index (κ2) is 8.14. The third-order valence-electron chi connectivity index (χ3n) is 5.57. The van der Waals surface area contributed by atoms with Gasteiger partial charge in [-0.3, -0.25) is 14.3 Å². The van der Waals surface area contributed by atoms with Crippen LogP contribution in [0.15, 0.2) is 36.5 Å². The number of morpholine rings is 1. The molecular formula is C21H25N3O4. The zero-order valence-electron chi connectivity index (χ0n) is 15.8. The van der Waals surface area contributed by atoms with Crippen LogP contribution in [0.25, 0.3) is 11.3 Å². The summed E-state index contributed by atoms with van der Waals surface area (Å²) in [5.41, 5.74) is 2.42. The Balaban J connectivity index is 1.65. The van der Waals surface area contributed by atoms with E-state index >= 15 is 0 Å². The maximum absolute atomic E-state index is 13.3. The first kappa shape index (κ1) is 18.7. The van der Waals surface area contributed by atoms with Crippen LogP contribution in [0, 0.1) is 0 Å². The van der Waals surface area contributed by atoms with Crippen LogP contribution in [-0.4, -0.2) is 57.5 Å². The summed E-state index contributed by atoms with van der Waals surface area (Å²) in [6.45, 7) is 1.09. The Morgan fingerprint density at radius 2 is 1.93 bits per heavy atom. The topological polar surface area (TPSA) is 84.7 Å². The van der Waals surface area contributed by atoms with Crippen LogP contribution < -0.4 is 0 Å². The fourth-order valence-electron chi connectivity index (χ4n) is 4.22. The SMILES string of the molecule is O=C(O)CC1CN(C(=O)c2cnn(C3CCCC3)c2-c2ccccc2)CCO1. The number of rotatable bonds is 5. The molecule has 1 unspecified atom stereocenters. The van der Waals surface area contributed by atoms with E-state index in [1.165, 1.54) is 12.8 Å². The van der Waals surface area contributed by atoms with Crippen LogP contribution >= 0.6 is 0 Å². The Bertz CT molecular complexity index is 843. The number of aromatic nitrogens is 2. The lowest BCUT2D eigenvalue weighted by Crippen LogP contribution is -2.46. The molecule has 7 heteroatoms. The van der Waals surface area contributed by atoms with Crippen LogP contribution in [-0.2, 0) is 9.53 Å². The van der Waals surface area contributed by atoms with Crippen molar-refractivity contribution < 1.29 is 19.4 Å². The van der Waals surface area contributed by atoms with Crippen LogP contribution in [0.4, 0.5) is 0 Å². The van der Waals surface area contributed by atoms with Crippen LogP contribution in [0.5, 0.6) is 0 Å². The van der Waals surface area contributed by atoms with Gasteiger partial charge in [-0.15, -0.1) is 0 Å². The Labute approximate surface area is 163 Å². The molecule has 0 spiro atoms. The summed E-state index contributed by atoms with van der Waals surface area (Å²) in [5.74, 6) is -1.03. The van der Waals surface area contributed by atoms with Crippen molar-refractivity contribution in [2.24, 2.45) is 0 Å². The van der Waals surface area contributed by atoms with Gasteiger partial charge in [0.05, 0.1) is 42.6 Å². The molecule has 0 bridgehead atoms. The van der Waals surface area contributed by atoms with Crippen LogP contribution in [0.1, 0.15) is 48.5 Å². The van der Waals surface area contributed by atoms with E-state index in [4.69, 9.17) is 9.84 Å². The van der Waals surface area contributed by atoms with Gasteiger partial charge in [-0.05, 0) is 12.8 Å². The molecular weight excluding hydrogens is 358 g/mol. The van der Waals surface area contributed by atoms with E-state index in [1.54, 1.807) is 11.1 Å². The number of carboxylic acid groups (broad SMARTS) is 1. The second-order valence-corrected chi connectivity index (χ2v) is 7.50. The van der Waals surface area contributed by atoms with Gasteiger partial charge in [0, 0.05) is 18.7 Å². The standard InChI is InChI=1S/C21H25N3O4/c25-19(26)12-17-14-23(10-11-28-17)21(27)18-13-22-24(16-8-4-5-9-16)20(18)15-6-2-1-3-7-15/h1-3,6-7,13,16-17H,4-5,8-12,14H2,(H,25,26). The molecule has 0 radical (unpaired) electrons. The Morgan fingerprint density at radius 1 is 1.18 bits per heavy atom. The van der Waals surface area contributed by atoms with Gasteiger partial charge in [0.2, 0.25) is 0 Å². The van der Waals surface area contributed by atoms with Gasteiger partial charge in [0.25, 0.3) is 5.91 Å². The van der Waals surface area contributed by atoms with Crippen molar-refractivity contribution in [1.29, 1.82) is 0 Å². The fourth-order valence-corrected chi connectivity index (χ4v) is 4.22. The van der Waals surface area contributed by atoms with Gasteiger partial charge in [-0.25, -0.2) is 0 Å². The van der Waals surface area contributed by atoms with Crippen molar-refractivity contribution in [1.82, 2.24) is 14.7 Å². The number of hydrogen-bond acceptors (Lipinski definition) is 4. The summed E-state index contributed by atoms with van der Waals surface area (Å²) in [6.07, 6.45) is 5.62. The molecule has 1 aromatic heterocycles. The highest BCUT2D eigenvalue weighted by Crippen LogP contribution is 2.35. The van der Waals surface area contributed by atoms with Crippen molar-refractivity contribution in [2.75, 3.05) is 19.7 Å². The Morgan fingerprint density at radius 3 is 2.64 bits per heavy atom. The molecule has 1 aliphatic heterocycles. The summed E-state index contributed by atoms with van der Waals surface area (Å²) in [6, 6.07) is 10.2. The van der Waals surface area contributed by atoms with Crippen LogP contribution in [0.2, 0.25) is 0 Å². The largest absolute Gasteiger partial charge is 0.481 e. The predicted octanol–water partition coefficient (Wildman–Crippen LogP) is 2.98. The molecule has 2 heterocycles. The molecule has 4 rings (SSSR count). The quantitative estimate of drug-likeness (QED) is 0.858. The molecule has 2 aromatic rings. The number of benzene rings is 1. The maximum Gasteiger partial charge on any atom is 0.306 e. The van der Waals surface area contributed by atoms with Gasteiger partial charge in [-0.2, -0.15) is 5.10 Å². The van der Waals surface area contributed by atoms with E-state index < -0.39 is 12.1 Å². The van der Waals surface area contributed by atoms with Crippen molar-refractivity contribution in [2.45, 2.75) is 44.2 Å². The summed E-state index contributed by atoms with van der Waals surface area (Å²) in [7, 11) is 0. The second-order valence-electron chi connectivity index (χ2n) is 7.50. The highest BCUT2D eigenvalue weighted by atomic mass is 16.5. The minimum Gasteiger partial charge on any atom is -0.481 e. The zero-order valence-corrected chi connectivity index (χ0v) is 15.8. The number of nitrogens with zero attached hydrogens (tertiary/aromatic N) is 3. The van der Waals surface area contributed by atoms with Gasteiger partial charge < -0.3 is 14.7 Å². The molecule has 28 heavy (non-hydrogen) atoms. The first-order chi connectivity index (χ1) is 13.6. The summed E-state index contributed by atoms with van der Waals surface area (Å²) >= 11 is 0. The molecule has 1 N–H and O–H groups in total. The lowest BCUT2D eigenvalue weighted by molar-refractivity contribution is -0.141. The van der Waals surface area contributed by atoms with E-state index in [9.17, 15) is 9.59 Å². The third-order valence-corrected chi connectivity index (χ3v) is 5.57. The van der Waals surface area contributed by atoms with Gasteiger partial charge in [0.15, 0.2) is 0 Å². The number of ether oxygens (including phenoxy) is 1. The van der Waals surface area contributed by atoms with E-state index in [0.717, 1.165) is 24.1 Å². The highest BCUT2D eigenvalue weighted by molar-refractivity contribution is 6.00. The number of amides is 1. The average Bonchev–Trinajstić information content (AvgIpc) is 3.37. The molecule has 1 saturated carbocycles. The first-order valence-corrected chi connectivity index (χ1v) is 9.89. The number of carbonyl (C=O) groups is 2. The predicted molar refractivity (Wildman–Crippen MR) is 103 cm³/mol. The van der Waals surface area contributed by atoms with Crippen LogP contribution in [0.3, 0.4) is 0 Å². The maximum atomic E-state index is 13.3. The summed E-state index contributed by atoms with van der Waals surface area (Å²) in [4.78, 5) is 26.0. The van der Waals surface area contributed by atoms with Crippen molar-refractivity contribution in [3.63, 3.8) is 0 Å². The fraction of sp³-hybridized carbons (Fsp3) is 0.476. The van der Waals surface area contributed by atoms with E-state index in [0.29, 0.717) is 24.8 Å². The Kier molecular flexibility index (Phi) is 5.43. The third kappa shape index (κ3) is 3.80. The molecule has 7 nitrogen and oxygen atoms in total. The van der Waals surface area contributed by atoms with Gasteiger partial charge >= 0.3 is 5.97 Å². The van der Waals surface area contributed by atoms with Crippen molar-refractivity contribution >= 4 is 11.9 Å². The average molecular weight is 383 g/mol. The molecule has 1 aliphatic carbocycles. The van der Waals surface area contributed by atoms with Gasteiger partial charge in [-0.1, -0.05) is 43.2 Å². The number of carboxylic acids is 1. The number of hydrogen-bond donors (Lipinski definition) is 1. The summed E-state index contributed by atoms with van der Waals surface area (Å²) < 4.78 is 7.53. The molecule has 2 fully saturated rings. The lowest BCUT2D eigenvalue weighted by atomic mass is 10.1. The summed E-state index contributed by atoms with van der Waals surface area (Å²) in [5, 5.41) is 13.6. The smallest absolute Gasteiger partial charge is 0.306 e. The van der Waals surface area contributed by atoms with Crippen molar-refractivity contribution in [3.05, 3.63) is 42.1 Å².